The topological polar surface area (TPSA) is 35.8 Å². The molecule has 0 saturated carbocycles. The van der Waals surface area contributed by atoms with E-state index in [1.165, 1.54) is 4.88 Å². The summed E-state index contributed by atoms with van der Waals surface area (Å²) in [7, 11) is 0. The van der Waals surface area contributed by atoms with Crippen LogP contribution in [0.4, 0.5) is 0 Å². The van der Waals surface area contributed by atoms with Crippen LogP contribution in [0, 0.1) is 11.3 Å². The van der Waals surface area contributed by atoms with Gasteiger partial charge in [-0.15, -0.1) is 11.3 Å². The molecule has 0 radical (unpaired) electrons. The van der Waals surface area contributed by atoms with Gasteiger partial charge in [-0.3, -0.25) is 0 Å². The van der Waals surface area contributed by atoms with Gasteiger partial charge in [-0.1, -0.05) is 6.92 Å². The molecule has 4 heteroatoms. The number of rotatable bonds is 6. The van der Waals surface area contributed by atoms with E-state index in [0.717, 1.165) is 16.4 Å². The Morgan fingerprint density at radius 3 is 2.81 bits per heavy atom. The first-order valence-electron chi connectivity index (χ1n) is 5.51. The van der Waals surface area contributed by atoms with E-state index in [1.807, 2.05) is 23.9 Å². The number of thioether (sulfide) groups is 1. The number of hydrogen-bond acceptors (Lipinski definition) is 4. The van der Waals surface area contributed by atoms with E-state index in [2.05, 4.69) is 32.2 Å². The Labute approximate surface area is 106 Å². The molecular weight excluding hydrogens is 236 g/mol. The zero-order valence-corrected chi connectivity index (χ0v) is 11.6. The van der Waals surface area contributed by atoms with Crippen molar-refractivity contribution in [2.24, 2.45) is 0 Å². The molecule has 0 aromatic carbocycles. The number of nitriles is 1. The van der Waals surface area contributed by atoms with Gasteiger partial charge in [0.15, 0.2) is 0 Å². The average molecular weight is 254 g/mol. The minimum atomic E-state index is 0.333. The molecule has 1 N–H and O–H groups in total. The molecule has 0 aliphatic carbocycles. The van der Waals surface area contributed by atoms with E-state index in [4.69, 9.17) is 5.26 Å². The molecule has 0 spiro atoms. The number of hydrogen-bond donors (Lipinski definition) is 1. The van der Waals surface area contributed by atoms with E-state index in [9.17, 15) is 0 Å². The molecule has 1 heterocycles. The Morgan fingerprint density at radius 1 is 1.50 bits per heavy atom. The largest absolute Gasteiger partial charge is 0.306 e. The van der Waals surface area contributed by atoms with Crippen molar-refractivity contribution in [3.63, 3.8) is 0 Å². The van der Waals surface area contributed by atoms with Crippen LogP contribution in [-0.4, -0.2) is 17.5 Å². The zero-order valence-electron chi connectivity index (χ0n) is 9.99. The molecule has 0 aliphatic rings. The minimum absolute atomic E-state index is 0.333. The van der Waals surface area contributed by atoms with Crippen LogP contribution < -0.4 is 5.32 Å². The van der Waals surface area contributed by atoms with Gasteiger partial charge in [-0.05, 0) is 31.7 Å². The summed E-state index contributed by atoms with van der Waals surface area (Å²) in [4.78, 5) is 2.03. The summed E-state index contributed by atoms with van der Waals surface area (Å²) in [5.41, 5.74) is 0. The Hall–Kier alpha value is -0.500. The number of thiophene rings is 1. The predicted octanol–water partition coefficient (Wildman–Crippen LogP) is 3.41. The molecule has 16 heavy (non-hydrogen) atoms. The summed E-state index contributed by atoms with van der Waals surface area (Å²) < 4.78 is 0. The Morgan fingerprint density at radius 2 is 2.25 bits per heavy atom. The first kappa shape index (κ1) is 13.6. The second-order valence-electron chi connectivity index (χ2n) is 3.76. The molecule has 0 saturated heterocycles. The van der Waals surface area contributed by atoms with Gasteiger partial charge >= 0.3 is 0 Å². The van der Waals surface area contributed by atoms with Crippen LogP contribution >= 0.6 is 23.1 Å². The summed E-state index contributed by atoms with van der Waals surface area (Å²) in [6.07, 6.45) is 0. The lowest BCUT2D eigenvalue weighted by Gasteiger charge is -2.18. The second-order valence-corrected chi connectivity index (χ2v) is 6.20. The Bertz CT molecular complexity index is 354. The highest BCUT2D eigenvalue weighted by atomic mass is 32.2. The van der Waals surface area contributed by atoms with Crippen molar-refractivity contribution >= 4 is 23.1 Å². The van der Waals surface area contributed by atoms with Crippen LogP contribution in [0.5, 0.6) is 0 Å². The molecule has 2 unspecified atom stereocenters. The maximum atomic E-state index is 8.77. The van der Waals surface area contributed by atoms with Gasteiger partial charge in [-0.25, -0.2) is 0 Å². The van der Waals surface area contributed by atoms with Gasteiger partial charge in [0.1, 0.15) is 10.9 Å². The van der Waals surface area contributed by atoms with Gasteiger partial charge in [0.25, 0.3) is 0 Å². The van der Waals surface area contributed by atoms with Gasteiger partial charge in [0.05, 0.1) is 0 Å². The van der Waals surface area contributed by atoms with Crippen LogP contribution in [0.25, 0.3) is 0 Å². The highest BCUT2D eigenvalue weighted by Gasteiger charge is 2.11. The van der Waals surface area contributed by atoms with Crippen LogP contribution in [0.15, 0.2) is 12.1 Å². The fraction of sp³-hybridized carbons (Fsp3) is 0.583. The standard InChI is InChI=1S/C12H18N2S2/c1-4-15-8-9(2)14-10(3)12-6-5-11(7-13)16-12/h5-6,9-10,14H,4,8H2,1-3H3. The fourth-order valence-corrected chi connectivity index (χ4v) is 3.00. The number of nitrogens with one attached hydrogen (secondary N) is 1. The van der Waals surface area contributed by atoms with Gasteiger partial charge in [0, 0.05) is 22.7 Å². The minimum Gasteiger partial charge on any atom is -0.306 e. The van der Waals surface area contributed by atoms with Crippen molar-refractivity contribution < 1.29 is 0 Å². The van der Waals surface area contributed by atoms with Crippen molar-refractivity contribution in [3.05, 3.63) is 21.9 Å². The summed E-state index contributed by atoms with van der Waals surface area (Å²) in [5.74, 6) is 2.30. The van der Waals surface area contributed by atoms with Crippen LogP contribution in [-0.2, 0) is 0 Å². The van der Waals surface area contributed by atoms with Crippen molar-refractivity contribution in [2.75, 3.05) is 11.5 Å². The summed E-state index contributed by atoms with van der Waals surface area (Å²) in [6.45, 7) is 6.54. The molecule has 88 valence electrons. The Balaban J connectivity index is 2.45. The predicted molar refractivity (Wildman–Crippen MR) is 73.0 cm³/mol. The molecule has 1 aromatic rings. The van der Waals surface area contributed by atoms with E-state index in [0.29, 0.717) is 12.1 Å². The molecule has 0 amide bonds. The quantitative estimate of drug-likeness (QED) is 0.845. The monoisotopic (exact) mass is 254 g/mol. The molecule has 0 bridgehead atoms. The SMILES string of the molecule is CCSCC(C)NC(C)c1ccc(C#N)s1. The third kappa shape index (κ3) is 4.17. The molecule has 0 aliphatic heterocycles. The molecule has 1 aromatic heterocycles. The van der Waals surface area contributed by atoms with Crippen LogP contribution in [0.3, 0.4) is 0 Å². The summed E-state index contributed by atoms with van der Waals surface area (Å²) in [6, 6.07) is 6.95. The van der Waals surface area contributed by atoms with Crippen molar-refractivity contribution in [2.45, 2.75) is 32.9 Å². The first-order chi connectivity index (χ1) is 7.67. The van der Waals surface area contributed by atoms with Crippen molar-refractivity contribution in [1.29, 1.82) is 5.26 Å². The Kier molecular flexibility index (Phi) is 5.89. The molecule has 1 rings (SSSR count). The molecular formula is C12H18N2S2. The summed E-state index contributed by atoms with van der Waals surface area (Å²) in [5, 5.41) is 12.3. The lowest BCUT2D eigenvalue weighted by atomic mass is 10.2. The molecule has 0 fully saturated rings. The van der Waals surface area contributed by atoms with E-state index in [-0.39, 0.29) is 0 Å². The van der Waals surface area contributed by atoms with Crippen molar-refractivity contribution in [3.8, 4) is 6.07 Å². The maximum Gasteiger partial charge on any atom is 0.110 e. The fourth-order valence-electron chi connectivity index (χ4n) is 1.50. The highest BCUT2D eigenvalue weighted by Crippen LogP contribution is 2.23. The highest BCUT2D eigenvalue weighted by molar-refractivity contribution is 7.99. The lowest BCUT2D eigenvalue weighted by Crippen LogP contribution is -2.30. The van der Waals surface area contributed by atoms with E-state index < -0.39 is 0 Å². The van der Waals surface area contributed by atoms with Crippen LogP contribution in [0.1, 0.15) is 36.6 Å². The average Bonchev–Trinajstić information content (AvgIpc) is 2.74. The lowest BCUT2D eigenvalue weighted by molar-refractivity contribution is 0.517. The summed E-state index contributed by atoms with van der Waals surface area (Å²) >= 11 is 3.53. The smallest absolute Gasteiger partial charge is 0.110 e. The van der Waals surface area contributed by atoms with E-state index >= 15 is 0 Å². The normalized spacial score (nSPS) is 14.4. The van der Waals surface area contributed by atoms with Crippen molar-refractivity contribution in [1.82, 2.24) is 5.32 Å². The first-order valence-corrected chi connectivity index (χ1v) is 7.48. The third-order valence-electron chi connectivity index (χ3n) is 2.27. The van der Waals surface area contributed by atoms with Gasteiger partial charge < -0.3 is 5.32 Å². The second kappa shape index (κ2) is 6.95. The zero-order chi connectivity index (χ0) is 12.0. The maximum absolute atomic E-state index is 8.77. The van der Waals surface area contributed by atoms with E-state index in [1.54, 1.807) is 11.3 Å². The van der Waals surface area contributed by atoms with Crippen LogP contribution in [0.2, 0.25) is 0 Å². The molecule has 2 nitrogen and oxygen atoms in total. The molecule has 2 atom stereocenters. The third-order valence-corrected chi connectivity index (χ3v) is 4.59. The van der Waals surface area contributed by atoms with Gasteiger partial charge in [-0.2, -0.15) is 17.0 Å². The number of nitrogens with zero attached hydrogens (tertiary/aromatic N) is 1. The van der Waals surface area contributed by atoms with Gasteiger partial charge in [0.2, 0.25) is 0 Å².